The molecule has 0 aromatic heterocycles. The molecular weight excluding hydrogens is 212 g/mol. The lowest BCUT2D eigenvalue weighted by Gasteiger charge is -2.06. The third-order valence-corrected chi connectivity index (χ3v) is 2.16. The van der Waals surface area contributed by atoms with Gasteiger partial charge in [0.2, 0.25) is 0 Å². The Kier molecular flexibility index (Phi) is 6.23. The van der Waals surface area contributed by atoms with E-state index in [4.69, 9.17) is 0 Å². The minimum Gasteiger partial charge on any atom is -0.166 e. The first-order valence-corrected chi connectivity index (χ1v) is 5.39. The lowest BCUT2D eigenvalue weighted by molar-refractivity contribution is -0.0878. The molecule has 0 radical (unpaired) electrons. The first-order valence-electron chi connectivity index (χ1n) is 5.39. The first-order chi connectivity index (χ1) is 7.27. The van der Waals surface area contributed by atoms with E-state index in [9.17, 15) is 13.2 Å². The molecular formula is C12H18BF3. The molecule has 0 saturated heterocycles. The second kappa shape index (κ2) is 6.61. The molecule has 0 heterocycles. The Morgan fingerprint density at radius 1 is 1.31 bits per heavy atom. The van der Waals surface area contributed by atoms with Crippen LogP contribution < -0.4 is 0 Å². The fourth-order valence-electron chi connectivity index (χ4n) is 1.31. The van der Waals surface area contributed by atoms with Crippen LogP contribution in [0.4, 0.5) is 13.2 Å². The van der Waals surface area contributed by atoms with Crippen LogP contribution in [-0.4, -0.2) is 14.0 Å². The molecule has 0 fully saturated rings. The Balaban J connectivity index is 4.50. The van der Waals surface area contributed by atoms with Crippen molar-refractivity contribution in [3.05, 3.63) is 35.3 Å². The Bertz CT molecular complexity index is 298. The molecule has 0 aliphatic heterocycles. The molecule has 90 valence electrons. The van der Waals surface area contributed by atoms with Crippen molar-refractivity contribution in [1.82, 2.24) is 0 Å². The van der Waals surface area contributed by atoms with E-state index in [0.717, 1.165) is 30.9 Å². The van der Waals surface area contributed by atoms with Crippen LogP contribution in [0.2, 0.25) is 0 Å². The van der Waals surface area contributed by atoms with Gasteiger partial charge in [-0.15, -0.1) is 0 Å². The van der Waals surface area contributed by atoms with E-state index in [1.165, 1.54) is 0 Å². The number of alkyl halides is 3. The summed E-state index contributed by atoms with van der Waals surface area (Å²) in [4.78, 5) is 0. The Hall–Kier alpha value is -0.925. The van der Waals surface area contributed by atoms with Crippen molar-refractivity contribution in [2.24, 2.45) is 0 Å². The molecule has 0 nitrogen and oxygen atoms in total. The van der Waals surface area contributed by atoms with Gasteiger partial charge in [0.1, 0.15) is 7.85 Å². The standard InChI is InChI=1S/C12H18BF3/c1-4-5-6-9(2)7-11(13)8-10(3)12(14,15)16/h7-8H,3-6,13H2,1-2H3/b9-7-,11-8+. The highest BCUT2D eigenvalue weighted by atomic mass is 19.4. The first kappa shape index (κ1) is 15.1. The average molecular weight is 230 g/mol. The molecule has 4 heteroatoms. The molecule has 0 aromatic rings. The summed E-state index contributed by atoms with van der Waals surface area (Å²) in [6, 6.07) is 0. The van der Waals surface area contributed by atoms with Crippen LogP contribution in [0.3, 0.4) is 0 Å². The second-order valence-electron chi connectivity index (χ2n) is 4.01. The molecule has 0 N–H and O–H groups in total. The van der Waals surface area contributed by atoms with Crippen LogP contribution in [0, 0.1) is 0 Å². The third kappa shape index (κ3) is 6.54. The fourth-order valence-corrected chi connectivity index (χ4v) is 1.31. The van der Waals surface area contributed by atoms with Gasteiger partial charge in [0.15, 0.2) is 0 Å². The van der Waals surface area contributed by atoms with Crippen LogP contribution in [0.25, 0.3) is 0 Å². The molecule has 0 spiro atoms. The summed E-state index contributed by atoms with van der Waals surface area (Å²) < 4.78 is 36.6. The zero-order valence-corrected chi connectivity index (χ0v) is 10.1. The van der Waals surface area contributed by atoms with Crippen LogP contribution in [-0.2, 0) is 0 Å². The second-order valence-corrected chi connectivity index (χ2v) is 4.01. The maximum Gasteiger partial charge on any atom is 0.415 e. The van der Waals surface area contributed by atoms with Crippen molar-refractivity contribution in [3.63, 3.8) is 0 Å². The smallest absolute Gasteiger partial charge is 0.166 e. The van der Waals surface area contributed by atoms with Gasteiger partial charge in [-0.05, 0) is 19.8 Å². The minimum absolute atomic E-state index is 0.593. The maximum absolute atomic E-state index is 12.2. The highest BCUT2D eigenvalue weighted by Crippen LogP contribution is 2.25. The summed E-state index contributed by atoms with van der Waals surface area (Å²) in [5, 5.41) is 0. The summed E-state index contributed by atoms with van der Waals surface area (Å²) >= 11 is 0. The zero-order valence-electron chi connectivity index (χ0n) is 10.1. The number of allylic oxidation sites excluding steroid dienone is 5. The monoisotopic (exact) mass is 230 g/mol. The van der Waals surface area contributed by atoms with Gasteiger partial charge in [0, 0.05) is 5.57 Å². The SMILES string of the molecule is BC(=C/C(=C)C(F)(F)F)/C=C(/C)CCCC. The van der Waals surface area contributed by atoms with Crippen molar-refractivity contribution in [2.45, 2.75) is 39.3 Å². The van der Waals surface area contributed by atoms with Gasteiger partial charge in [-0.2, -0.15) is 13.2 Å². The van der Waals surface area contributed by atoms with E-state index < -0.39 is 11.7 Å². The molecule has 0 aliphatic carbocycles. The summed E-state index contributed by atoms with van der Waals surface area (Å²) in [6.45, 7) is 7.02. The van der Waals surface area contributed by atoms with E-state index in [1.54, 1.807) is 13.9 Å². The van der Waals surface area contributed by atoms with Crippen molar-refractivity contribution in [1.29, 1.82) is 0 Å². The number of hydrogen-bond donors (Lipinski definition) is 0. The lowest BCUT2D eigenvalue weighted by atomic mass is 9.90. The van der Waals surface area contributed by atoms with Gasteiger partial charge < -0.3 is 0 Å². The van der Waals surface area contributed by atoms with Gasteiger partial charge >= 0.3 is 6.18 Å². The van der Waals surface area contributed by atoms with Crippen molar-refractivity contribution in [2.75, 3.05) is 0 Å². The van der Waals surface area contributed by atoms with Crippen LogP contribution in [0.5, 0.6) is 0 Å². The topological polar surface area (TPSA) is 0 Å². The van der Waals surface area contributed by atoms with Crippen LogP contribution >= 0.6 is 0 Å². The van der Waals surface area contributed by atoms with E-state index >= 15 is 0 Å². The van der Waals surface area contributed by atoms with E-state index in [1.807, 2.05) is 6.92 Å². The summed E-state index contributed by atoms with van der Waals surface area (Å²) in [5.41, 5.74) is 0.894. The van der Waals surface area contributed by atoms with Crippen molar-refractivity contribution < 1.29 is 13.2 Å². The summed E-state index contributed by atoms with van der Waals surface area (Å²) in [5.74, 6) is 0. The van der Waals surface area contributed by atoms with Gasteiger partial charge in [-0.25, -0.2) is 0 Å². The molecule has 0 unspecified atom stereocenters. The Morgan fingerprint density at radius 2 is 1.88 bits per heavy atom. The third-order valence-electron chi connectivity index (χ3n) is 2.16. The molecule has 0 amide bonds. The zero-order chi connectivity index (χ0) is 12.8. The molecule has 0 aliphatic rings. The molecule has 0 bridgehead atoms. The largest absolute Gasteiger partial charge is 0.415 e. The predicted octanol–water partition coefficient (Wildman–Crippen LogP) is 3.76. The summed E-state index contributed by atoms with van der Waals surface area (Å²) in [6.07, 6.45) is 1.62. The Morgan fingerprint density at radius 3 is 2.31 bits per heavy atom. The van der Waals surface area contributed by atoms with Crippen LogP contribution in [0.1, 0.15) is 33.1 Å². The van der Waals surface area contributed by atoms with Gasteiger partial charge in [-0.3, -0.25) is 0 Å². The average Bonchev–Trinajstić information content (AvgIpc) is 2.12. The number of rotatable bonds is 5. The highest BCUT2D eigenvalue weighted by Gasteiger charge is 2.29. The molecule has 0 saturated carbocycles. The summed E-state index contributed by atoms with van der Waals surface area (Å²) in [7, 11) is 1.66. The molecule has 0 atom stereocenters. The number of unbranched alkanes of at least 4 members (excludes halogenated alkanes) is 1. The Labute approximate surface area is 96.3 Å². The quantitative estimate of drug-likeness (QED) is 0.498. The normalized spacial score (nSPS) is 14.1. The molecule has 0 rings (SSSR count). The maximum atomic E-state index is 12.2. The van der Waals surface area contributed by atoms with E-state index in [-0.39, 0.29) is 0 Å². The molecule has 0 aromatic carbocycles. The fraction of sp³-hybridized carbons (Fsp3) is 0.500. The molecule has 16 heavy (non-hydrogen) atoms. The minimum atomic E-state index is -4.33. The van der Waals surface area contributed by atoms with E-state index in [2.05, 4.69) is 13.5 Å². The predicted molar refractivity (Wildman–Crippen MR) is 65.1 cm³/mol. The number of halogens is 3. The van der Waals surface area contributed by atoms with Crippen molar-refractivity contribution >= 4 is 7.85 Å². The lowest BCUT2D eigenvalue weighted by Crippen LogP contribution is -2.09. The van der Waals surface area contributed by atoms with Gasteiger partial charge in [0.25, 0.3) is 0 Å². The van der Waals surface area contributed by atoms with Gasteiger partial charge in [0.05, 0.1) is 0 Å². The van der Waals surface area contributed by atoms with Crippen molar-refractivity contribution in [3.8, 4) is 0 Å². The van der Waals surface area contributed by atoms with Crippen LogP contribution in [0.15, 0.2) is 35.3 Å². The van der Waals surface area contributed by atoms with E-state index in [0.29, 0.717) is 5.47 Å². The highest BCUT2D eigenvalue weighted by molar-refractivity contribution is 6.23. The van der Waals surface area contributed by atoms with Gasteiger partial charge in [-0.1, -0.05) is 43.1 Å². The number of hydrogen-bond acceptors (Lipinski definition) is 0.